The quantitative estimate of drug-likeness (QED) is 0.834. The Kier molecular flexibility index (Phi) is 6.23. The Morgan fingerprint density at radius 3 is 2.35 bits per heavy atom. The third kappa shape index (κ3) is 5.30. The van der Waals surface area contributed by atoms with Crippen LogP contribution in [0.1, 0.15) is 24.8 Å². The summed E-state index contributed by atoms with van der Waals surface area (Å²) in [6.45, 7) is 3.28. The zero-order chi connectivity index (χ0) is 18.4. The summed E-state index contributed by atoms with van der Waals surface area (Å²) in [6.07, 6.45) is 3.82. The van der Waals surface area contributed by atoms with E-state index in [1.807, 2.05) is 19.2 Å². The fourth-order valence-corrected chi connectivity index (χ4v) is 3.40. The summed E-state index contributed by atoms with van der Waals surface area (Å²) in [5.74, 6) is -0.257. The van der Waals surface area contributed by atoms with Crippen molar-refractivity contribution in [2.24, 2.45) is 0 Å². The van der Waals surface area contributed by atoms with Crippen molar-refractivity contribution in [3.8, 4) is 0 Å². The minimum Gasteiger partial charge on any atom is -0.372 e. The molecule has 1 aliphatic rings. The average molecular weight is 356 g/mol. The molecule has 0 aliphatic carbocycles. The van der Waals surface area contributed by atoms with Crippen molar-refractivity contribution in [1.82, 2.24) is 0 Å². The Bertz CT molecular complexity index is 709. The number of quaternary nitrogens is 1. The summed E-state index contributed by atoms with van der Waals surface area (Å²) < 4.78 is 12.9. The third-order valence-electron chi connectivity index (χ3n) is 4.75. The minimum absolute atomic E-state index is 0.0182. The van der Waals surface area contributed by atoms with Crippen LogP contribution >= 0.6 is 0 Å². The maximum atomic E-state index is 12.9. The van der Waals surface area contributed by atoms with Crippen molar-refractivity contribution in [2.45, 2.75) is 25.8 Å². The largest absolute Gasteiger partial charge is 0.372 e. The molecule has 1 fully saturated rings. The Balaban J connectivity index is 1.48. The van der Waals surface area contributed by atoms with Crippen molar-refractivity contribution in [3.63, 3.8) is 0 Å². The molecular weight excluding hydrogens is 329 g/mol. The van der Waals surface area contributed by atoms with Gasteiger partial charge in [-0.15, -0.1) is 0 Å². The lowest BCUT2D eigenvalue weighted by Gasteiger charge is -2.28. The molecule has 0 saturated carbocycles. The molecular formula is C21H27FN3O+. The van der Waals surface area contributed by atoms with Crippen LogP contribution in [0, 0.1) is 5.82 Å². The summed E-state index contributed by atoms with van der Waals surface area (Å²) in [6, 6.07) is 14.5. The van der Waals surface area contributed by atoms with E-state index in [0.29, 0.717) is 13.1 Å². The number of benzene rings is 2. The van der Waals surface area contributed by atoms with Gasteiger partial charge in [0.2, 0.25) is 0 Å². The summed E-state index contributed by atoms with van der Waals surface area (Å²) in [5, 5.41) is 2.96. The molecule has 5 heteroatoms. The summed E-state index contributed by atoms with van der Waals surface area (Å²) in [5.41, 5.74) is 3.06. The van der Waals surface area contributed by atoms with Crippen molar-refractivity contribution < 1.29 is 14.1 Å². The highest BCUT2D eigenvalue weighted by molar-refractivity contribution is 5.91. The van der Waals surface area contributed by atoms with Crippen molar-refractivity contribution in [1.29, 1.82) is 0 Å². The Labute approximate surface area is 154 Å². The predicted octanol–water partition coefficient (Wildman–Crippen LogP) is 2.47. The van der Waals surface area contributed by atoms with Crippen LogP contribution in [0.5, 0.6) is 0 Å². The first-order valence-corrected chi connectivity index (χ1v) is 9.31. The number of anilines is 2. The molecule has 0 spiro atoms. The highest BCUT2D eigenvalue weighted by Gasteiger charge is 2.13. The maximum absolute atomic E-state index is 12.9. The molecule has 2 N–H and O–H groups in total. The molecule has 0 aromatic heterocycles. The number of carbonyl (C=O) groups is 1. The summed E-state index contributed by atoms with van der Waals surface area (Å²) >= 11 is 0. The molecule has 1 unspecified atom stereocenters. The molecule has 138 valence electrons. The lowest BCUT2D eigenvalue weighted by atomic mass is 10.1. The fraction of sp³-hybridized carbons (Fsp3) is 0.381. The normalized spacial score (nSPS) is 15.5. The lowest BCUT2D eigenvalue weighted by molar-refractivity contribution is -0.885. The van der Waals surface area contributed by atoms with E-state index >= 15 is 0 Å². The van der Waals surface area contributed by atoms with Crippen molar-refractivity contribution in [3.05, 3.63) is 59.9 Å². The monoisotopic (exact) mass is 356 g/mol. The van der Waals surface area contributed by atoms with E-state index in [9.17, 15) is 9.18 Å². The highest BCUT2D eigenvalue weighted by Crippen LogP contribution is 2.21. The molecule has 1 amide bonds. The molecule has 2 aromatic rings. The number of likely N-dealkylation sites (N-methyl/N-ethyl adjacent to an activating group) is 1. The van der Waals surface area contributed by atoms with Gasteiger partial charge >= 0.3 is 0 Å². The second kappa shape index (κ2) is 8.81. The van der Waals surface area contributed by atoms with E-state index in [2.05, 4.69) is 22.3 Å². The molecule has 3 rings (SSSR count). The zero-order valence-electron chi connectivity index (χ0n) is 15.3. The Hall–Kier alpha value is -2.40. The standard InChI is InChI=1S/C21H26FN3O/c1-24(15-17-5-7-18(22)8-6-17)16-21(26)23-19-9-11-20(12-10-19)25-13-3-2-4-14-25/h5-12H,2-4,13-16H2,1H3,(H,23,26)/p+1. The first kappa shape index (κ1) is 18.4. The van der Waals surface area contributed by atoms with Crippen LogP contribution in [-0.2, 0) is 11.3 Å². The van der Waals surface area contributed by atoms with Gasteiger partial charge in [-0.05, 0) is 55.7 Å². The van der Waals surface area contributed by atoms with Gasteiger partial charge in [-0.3, -0.25) is 4.79 Å². The molecule has 1 atom stereocenters. The topological polar surface area (TPSA) is 36.8 Å². The van der Waals surface area contributed by atoms with Crippen molar-refractivity contribution >= 4 is 17.3 Å². The second-order valence-corrected chi connectivity index (χ2v) is 7.08. The Morgan fingerprint density at radius 2 is 1.69 bits per heavy atom. The van der Waals surface area contributed by atoms with E-state index in [-0.39, 0.29) is 11.7 Å². The number of rotatable bonds is 6. The van der Waals surface area contributed by atoms with Crippen LogP contribution in [0.2, 0.25) is 0 Å². The van der Waals surface area contributed by atoms with Gasteiger partial charge in [-0.25, -0.2) is 4.39 Å². The molecule has 0 bridgehead atoms. The van der Waals surface area contributed by atoms with Crippen LogP contribution in [0.25, 0.3) is 0 Å². The van der Waals surface area contributed by atoms with Crippen LogP contribution < -0.4 is 15.1 Å². The van der Waals surface area contributed by atoms with Crippen LogP contribution in [0.15, 0.2) is 48.5 Å². The van der Waals surface area contributed by atoms with E-state index in [1.165, 1.54) is 37.1 Å². The van der Waals surface area contributed by atoms with Crippen LogP contribution in [0.3, 0.4) is 0 Å². The maximum Gasteiger partial charge on any atom is 0.279 e. The number of carbonyl (C=O) groups excluding carboxylic acids is 1. The second-order valence-electron chi connectivity index (χ2n) is 7.08. The first-order valence-electron chi connectivity index (χ1n) is 9.31. The molecule has 26 heavy (non-hydrogen) atoms. The SMILES string of the molecule is C[NH+](CC(=O)Nc1ccc(N2CCCCC2)cc1)Cc1ccc(F)cc1. The van der Waals surface area contributed by atoms with E-state index < -0.39 is 0 Å². The zero-order valence-corrected chi connectivity index (χ0v) is 15.3. The number of hydrogen-bond donors (Lipinski definition) is 2. The number of nitrogens with zero attached hydrogens (tertiary/aromatic N) is 1. The first-order chi connectivity index (χ1) is 12.6. The van der Waals surface area contributed by atoms with Crippen LogP contribution in [0.4, 0.5) is 15.8 Å². The highest BCUT2D eigenvalue weighted by atomic mass is 19.1. The van der Waals surface area contributed by atoms with Crippen molar-refractivity contribution in [2.75, 3.05) is 36.9 Å². The number of amides is 1. The third-order valence-corrected chi connectivity index (χ3v) is 4.75. The van der Waals surface area contributed by atoms with Gasteiger partial charge in [-0.1, -0.05) is 12.1 Å². The summed E-state index contributed by atoms with van der Waals surface area (Å²) in [4.78, 5) is 15.7. The van der Waals surface area contributed by atoms with Gasteiger partial charge in [0.05, 0.1) is 7.05 Å². The van der Waals surface area contributed by atoms with Crippen LogP contribution in [-0.4, -0.2) is 32.6 Å². The molecule has 1 saturated heterocycles. The van der Waals surface area contributed by atoms with Gasteiger partial charge in [-0.2, -0.15) is 0 Å². The molecule has 1 heterocycles. The number of piperidine rings is 1. The predicted molar refractivity (Wildman–Crippen MR) is 103 cm³/mol. The molecule has 0 radical (unpaired) electrons. The number of hydrogen-bond acceptors (Lipinski definition) is 2. The average Bonchev–Trinajstić information content (AvgIpc) is 2.65. The minimum atomic E-state index is -0.239. The van der Waals surface area contributed by atoms with Gasteiger partial charge in [0.15, 0.2) is 6.54 Å². The van der Waals surface area contributed by atoms with Gasteiger partial charge in [0, 0.05) is 30.0 Å². The number of nitrogens with one attached hydrogen (secondary N) is 2. The van der Waals surface area contributed by atoms with E-state index in [4.69, 9.17) is 0 Å². The van der Waals surface area contributed by atoms with E-state index in [1.54, 1.807) is 12.1 Å². The van der Waals surface area contributed by atoms with E-state index in [0.717, 1.165) is 29.2 Å². The van der Waals surface area contributed by atoms with Gasteiger partial charge < -0.3 is 15.1 Å². The smallest absolute Gasteiger partial charge is 0.279 e. The fourth-order valence-electron chi connectivity index (χ4n) is 3.40. The molecule has 4 nitrogen and oxygen atoms in total. The number of halogens is 1. The summed E-state index contributed by atoms with van der Waals surface area (Å²) in [7, 11) is 1.96. The molecule has 1 aliphatic heterocycles. The van der Waals surface area contributed by atoms with Gasteiger partial charge in [0.1, 0.15) is 12.4 Å². The Morgan fingerprint density at radius 1 is 1.04 bits per heavy atom. The lowest BCUT2D eigenvalue weighted by Crippen LogP contribution is -3.08. The molecule has 2 aromatic carbocycles. The van der Waals surface area contributed by atoms with Gasteiger partial charge in [0.25, 0.3) is 5.91 Å².